The van der Waals surface area contributed by atoms with Gasteiger partial charge in [-0.3, -0.25) is 0 Å². The molecular formula is C12H18F2O. The van der Waals surface area contributed by atoms with Crippen molar-refractivity contribution in [3.05, 3.63) is 29.3 Å². The first-order chi connectivity index (χ1) is 7.08. The maximum atomic E-state index is 12.8. The Labute approximate surface area is 90.1 Å². The number of hydrogen-bond donors (Lipinski definition) is 0. The monoisotopic (exact) mass is 216 g/mol. The Morgan fingerprint density at radius 1 is 1.13 bits per heavy atom. The lowest BCUT2D eigenvalue weighted by atomic mass is 10.2. The smallest absolute Gasteiger partial charge is 0.200 e. The van der Waals surface area contributed by atoms with Gasteiger partial charge in [-0.1, -0.05) is 32.8 Å². The number of benzene rings is 1. The number of hydrogen-bond acceptors (Lipinski definition) is 1. The van der Waals surface area contributed by atoms with E-state index in [2.05, 4.69) is 18.6 Å². The summed E-state index contributed by atoms with van der Waals surface area (Å²) in [7, 11) is 1.31. The molecule has 1 aromatic rings. The third kappa shape index (κ3) is 4.28. The molecule has 0 heterocycles. The van der Waals surface area contributed by atoms with E-state index in [4.69, 9.17) is 0 Å². The molecule has 0 N–H and O–H groups in total. The van der Waals surface area contributed by atoms with Gasteiger partial charge >= 0.3 is 0 Å². The van der Waals surface area contributed by atoms with Crippen molar-refractivity contribution in [3.8, 4) is 5.75 Å². The van der Waals surface area contributed by atoms with Gasteiger partial charge in [0.05, 0.1) is 7.11 Å². The molecule has 0 aliphatic rings. The van der Waals surface area contributed by atoms with E-state index >= 15 is 0 Å². The molecule has 0 aromatic heterocycles. The maximum Gasteiger partial charge on any atom is 0.200 e. The van der Waals surface area contributed by atoms with Gasteiger partial charge in [-0.15, -0.1) is 0 Å². The highest BCUT2D eigenvalue weighted by molar-refractivity contribution is 5.34. The molecule has 0 saturated heterocycles. The van der Waals surface area contributed by atoms with Gasteiger partial charge < -0.3 is 4.74 Å². The fraction of sp³-hybridized carbons (Fsp3) is 0.500. The van der Waals surface area contributed by atoms with E-state index in [-0.39, 0.29) is 5.75 Å². The molecule has 0 bridgehead atoms. The van der Waals surface area contributed by atoms with Crippen molar-refractivity contribution in [3.63, 3.8) is 0 Å². The number of aryl methyl sites for hydroxylation is 1. The zero-order valence-electron chi connectivity index (χ0n) is 9.73. The van der Waals surface area contributed by atoms with Crippen molar-refractivity contribution in [2.75, 3.05) is 7.11 Å². The van der Waals surface area contributed by atoms with Crippen LogP contribution in [0.4, 0.5) is 8.78 Å². The van der Waals surface area contributed by atoms with E-state index in [0.29, 0.717) is 5.56 Å². The van der Waals surface area contributed by atoms with Gasteiger partial charge in [0, 0.05) is 0 Å². The highest BCUT2D eigenvalue weighted by Gasteiger charge is 2.10. The van der Waals surface area contributed by atoms with Gasteiger partial charge in [-0.2, -0.15) is 4.39 Å². The van der Waals surface area contributed by atoms with Gasteiger partial charge in [-0.25, -0.2) is 4.39 Å². The van der Waals surface area contributed by atoms with E-state index in [9.17, 15) is 8.78 Å². The third-order valence-electron chi connectivity index (χ3n) is 1.95. The second-order valence-corrected chi connectivity index (χ2v) is 3.21. The Morgan fingerprint density at radius 2 is 1.67 bits per heavy atom. The average Bonchev–Trinajstić information content (AvgIpc) is 2.25. The topological polar surface area (TPSA) is 9.23 Å². The van der Waals surface area contributed by atoms with Crippen LogP contribution in [0.15, 0.2) is 12.1 Å². The van der Waals surface area contributed by atoms with Crippen LogP contribution in [0.3, 0.4) is 0 Å². The predicted octanol–water partition coefficient (Wildman–Crippen LogP) is 4.09. The van der Waals surface area contributed by atoms with Crippen LogP contribution < -0.4 is 4.74 Å². The number of methoxy groups -OCH3 is 1. The quantitative estimate of drug-likeness (QED) is 0.723. The van der Waals surface area contributed by atoms with E-state index in [1.54, 1.807) is 6.92 Å². The minimum atomic E-state index is -0.924. The summed E-state index contributed by atoms with van der Waals surface area (Å²) in [4.78, 5) is 0. The SMILES string of the molecule is CCCC.COc1c(C)ccc(F)c1F. The van der Waals surface area contributed by atoms with Crippen LogP contribution in [-0.2, 0) is 0 Å². The number of unbranched alkanes of at least 4 members (excludes halogenated alkanes) is 1. The molecule has 15 heavy (non-hydrogen) atoms. The van der Waals surface area contributed by atoms with Gasteiger partial charge in [0.15, 0.2) is 11.6 Å². The molecule has 0 fully saturated rings. The molecule has 1 aromatic carbocycles. The summed E-state index contributed by atoms with van der Waals surface area (Å²) in [6, 6.07) is 2.55. The Morgan fingerprint density at radius 3 is 2.00 bits per heavy atom. The van der Waals surface area contributed by atoms with Gasteiger partial charge in [-0.05, 0) is 18.6 Å². The molecule has 0 radical (unpaired) electrons. The second-order valence-electron chi connectivity index (χ2n) is 3.21. The lowest BCUT2D eigenvalue weighted by Gasteiger charge is -2.04. The van der Waals surface area contributed by atoms with Crippen LogP contribution in [0.2, 0.25) is 0 Å². The van der Waals surface area contributed by atoms with Crippen molar-refractivity contribution in [1.29, 1.82) is 0 Å². The summed E-state index contributed by atoms with van der Waals surface area (Å²) in [6.07, 6.45) is 2.64. The lowest BCUT2D eigenvalue weighted by molar-refractivity contribution is 0.369. The molecule has 0 unspecified atom stereocenters. The lowest BCUT2D eigenvalue weighted by Crippen LogP contribution is -1.94. The van der Waals surface area contributed by atoms with Crippen LogP contribution in [-0.4, -0.2) is 7.11 Å². The number of halogens is 2. The number of rotatable bonds is 2. The summed E-state index contributed by atoms with van der Waals surface area (Å²) in [5.74, 6) is -1.83. The first-order valence-corrected chi connectivity index (χ1v) is 5.07. The highest BCUT2D eigenvalue weighted by atomic mass is 19.2. The average molecular weight is 216 g/mol. The Balaban J connectivity index is 0.000000423. The summed E-state index contributed by atoms with van der Waals surface area (Å²) in [6.45, 7) is 6.02. The van der Waals surface area contributed by atoms with Crippen LogP contribution in [0.25, 0.3) is 0 Å². The molecule has 1 rings (SSSR count). The molecular weight excluding hydrogens is 198 g/mol. The van der Waals surface area contributed by atoms with Crippen molar-refractivity contribution in [2.24, 2.45) is 0 Å². The van der Waals surface area contributed by atoms with Crippen LogP contribution in [0.1, 0.15) is 32.3 Å². The van der Waals surface area contributed by atoms with Crippen molar-refractivity contribution >= 4 is 0 Å². The standard InChI is InChI=1S/C8H8F2O.C4H10/c1-5-3-4-6(9)7(10)8(5)11-2;1-3-4-2/h3-4H,1-2H3;3-4H2,1-2H3. The zero-order valence-corrected chi connectivity index (χ0v) is 9.73. The summed E-state index contributed by atoms with van der Waals surface area (Å²) in [5.41, 5.74) is 0.589. The van der Waals surface area contributed by atoms with Crippen molar-refractivity contribution in [1.82, 2.24) is 0 Å². The summed E-state index contributed by atoms with van der Waals surface area (Å²) >= 11 is 0. The highest BCUT2D eigenvalue weighted by Crippen LogP contribution is 2.23. The fourth-order valence-electron chi connectivity index (χ4n) is 0.879. The predicted molar refractivity (Wildman–Crippen MR) is 58.2 cm³/mol. The normalized spacial score (nSPS) is 9.20. The molecule has 0 aliphatic heterocycles. The fourth-order valence-corrected chi connectivity index (χ4v) is 0.879. The third-order valence-corrected chi connectivity index (χ3v) is 1.95. The largest absolute Gasteiger partial charge is 0.493 e. The molecule has 0 aliphatic carbocycles. The molecule has 0 atom stereocenters. The van der Waals surface area contributed by atoms with Gasteiger partial charge in [0.2, 0.25) is 5.82 Å². The molecule has 1 nitrogen and oxygen atoms in total. The first-order valence-electron chi connectivity index (χ1n) is 5.07. The Kier molecular flexibility index (Phi) is 6.67. The second kappa shape index (κ2) is 7.21. The minimum Gasteiger partial charge on any atom is -0.493 e. The molecule has 0 amide bonds. The molecule has 0 spiro atoms. The first kappa shape index (κ1) is 13.9. The van der Waals surface area contributed by atoms with Crippen molar-refractivity contribution < 1.29 is 13.5 Å². The van der Waals surface area contributed by atoms with Crippen molar-refractivity contribution in [2.45, 2.75) is 33.6 Å². The molecule has 0 saturated carbocycles. The van der Waals surface area contributed by atoms with E-state index in [1.165, 1.54) is 26.0 Å². The van der Waals surface area contributed by atoms with Crippen LogP contribution in [0, 0.1) is 18.6 Å². The van der Waals surface area contributed by atoms with Crippen LogP contribution in [0.5, 0.6) is 5.75 Å². The molecule has 86 valence electrons. The van der Waals surface area contributed by atoms with Gasteiger partial charge in [0.25, 0.3) is 0 Å². The summed E-state index contributed by atoms with van der Waals surface area (Å²) in [5, 5.41) is 0. The van der Waals surface area contributed by atoms with E-state index in [1.807, 2.05) is 0 Å². The van der Waals surface area contributed by atoms with E-state index in [0.717, 1.165) is 6.07 Å². The molecule has 3 heteroatoms. The maximum absolute atomic E-state index is 12.8. The van der Waals surface area contributed by atoms with Gasteiger partial charge in [0.1, 0.15) is 0 Å². The minimum absolute atomic E-state index is 0.0231. The van der Waals surface area contributed by atoms with E-state index < -0.39 is 11.6 Å². The number of ether oxygens (including phenoxy) is 1. The Hall–Kier alpha value is -1.12. The zero-order chi connectivity index (χ0) is 11.8. The Bertz CT molecular complexity index is 296. The van der Waals surface area contributed by atoms with Crippen LogP contribution >= 0.6 is 0 Å². The summed E-state index contributed by atoms with van der Waals surface area (Å²) < 4.78 is 29.9.